The van der Waals surface area contributed by atoms with E-state index in [0.29, 0.717) is 17.4 Å². The molecule has 1 unspecified atom stereocenters. The number of benzene rings is 1. The van der Waals surface area contributed by atoms with Crippen LogP contribution in [0.4, 0.5) is 0 Å². The molecule has 8 heteroatoms. The van der Waals surface area contributed by atoms with Crippen LogP contribution in [0.1, 0.15) is 25.3 Å². The summed E-state index contributed by atoms with van der Waals surface area (Å²) >= 11 is 0. The van der Waals surface area contributed by atoms with Gasteiger partial charge in [-0.15, -0.1) is 24.0 Å². The number of rotatable bonds is 4. The number of likely N-dealkylation sites (tertiary alicyclic amines) is 1. The Morgan fingerprint density at radius 1 is 1.36 bits per heavy atom. The molecule has 0 saturated carbocycles. The van der Waals surface area contributed by atoms with Gasteiger partial charge in [0.15, 0.2) is 5.96 Å². The fourth-order valence-corrected chi connectivity index (χ4v) is 4.10. The van der Waals surface area contributed by atoms with E-state index in [1.54, 1.807) is 33.3 Å². The molecule has 0 amide bonds. The molecule has 2 rings (SSSR count). The number of guanidine groups is 1. The molecule has 1 fully saturated rings. The number of hydrogen-bond acceptors (Lipinski definition) is 3. The number of nitrogens with one attached hydrogen (secondary N) is 1. The summed E-state index contributed by atoms with van der Waals surface area (Å²) in [5.41, 5.74) is 0.748. The molecule has 1 aliphatic rings. The molecule has 1 aliphatic heterocycles. The normalized spacial score (nSPS) is 18.8. The Morgan fingerprint density at radius 3 is 2.64 bits per heavy atom. The first-order valence-corrected chi connectivity index (χ1v) is 9.76. The Bertz CT molecular complexity index is 692. The second-order valence-corrected chi connectivity index (χ2v) is 8.61. The summed E-state index contributed by atoms with van der Waals surface area (Å²) < 4.78 is 26.2. The molecule has 0 aromatic heterocycles. The third kappa shape index (κ3) is 5.55. The van der Waals surface area contributed by atoms with Gasteiger partial charge in [-0.3, -0.25) is 4.99 Å². The van der Waals surface area contributed by atoms with Crippen molar-refractivity contribution in [3.63, 3.8) is 0 Å². The summed E-state index contributed by atoms with van der Waals surface area (Å²) in [6.07, 6.45) is 2.41. The van der Waals surface area contributed by atoms with Gasteiger partial charge < -0.3 is 10.2 Å². The van der Waals surface area contributed by atoms with Gasteiger partial charge >= 0.3 is 0 Å². The molecule has 1 atom stereocenters. The fraction of sp³-hybridized carbons (Fsp3) is 0.588. The Hall–Kier alpha value is -0.870. The van der Waals surface area contributed by atoms with Crippen LogP contribution in [0.5, 0.6) is 0 Å². The molecule has 25 heavy (non-hydrogen) atoms. The summed E-state index contributed by atoms with van der Waals surface area (Å²) in [7, 11) is 1.41. The predicted octanol–water partition coefficient (Wildman–Crippen LogP) is 2.36. The summed E-state index contributed by atoms with van der Waals surface area (Å²) in [4.78, 5) is 6.94. The van der Waals surface area contributed by atoms with Crippen molar-refractivity contribution >= 4 is 40.0 Å². The maximum absolute atomic E-state index is 12.5. The standard InChI is InChI=1S/C17H28N4O2S.HI/c1-14-8-7-11-21(13-14)17(18-2)19-12-15-9-5-6-10-16(15)24(22,23)20(3)4;/h5-6,9-10,14H,7-8,11-13H2,1-4H3,(H,18,19);1H. The second kappa shape index (κ2) is 9.72. The summed E-state index contributed by atoms with van der Waals surface area (Å²) in [5, 5.41) is 3.32. The van der Waals surface area contributed by atoms with Crippen molar-refractivity contribution < 1.29 is 8.42 Å². The van der Waals surface area contributed by atoms with Gasteiger partial charge in [0.25, 0.3) is 0 Å². The first kappa shape index (κ1) is 22.2. The highest BCUT2D eigenvalue weighted by Crippen LogP contribution is 2.19. The van der Waals surface area contributed by atoms with Crippen LogP contribution in [0.2, 0.25) is 0 Å². The lowest BCUT2D eigenvalue weighted by Crippen LogP contribution is -2.46. The zero-order valence-electron chi connectivity index (χ0n) is 15.4. The highest BCUT2D eigenvalue weighted by Gasteiger charge is 2.22. The highest BCUT2D eigenvalue weighted by atomic mass is 127. The van der Waals surface area contributed by atoms with Crippen molar-refractivity contribution in [3.8, 4) is 0 Å². The summed E-state index contributed by atoms with van der Waals surface area (Å²) in [6, 6.07) is 7.10. The van der Waals surface area contributed by atoms with Gasteiger partial charge in [-0.05, 0) is 30.4 Å². The van der Waals surface area contributed by atoms with Gasteiger partial charge in [-0.2, -0.15) is 0 Å². The van der Waals surface area contributed by atoms with Gasteiger partial charge in [0.1, 0.15) is 0 Å². The summed E-state index contributed by atoms with van der Waals surface area (Å²) in [5.74, 6) is 1.48. The SMILES string of the molecule is CN=C(NCc1ccccc1S(=O)(=O)N(C)C)N1CCCC(C)C1.I. The van der Waals surface area contributed by atoms with Crippen LogP contribution >= 0.6 is 24.0 Å². The van der Waals surface area contributed by atoms with Gasteiger partial charge in [0, 0.05) is 40.8 Å². The van der Waals surface area contributed by atoms with Crippen molar-refractivity contribution in [2.45, 2.75) is 31.2 Å². The molecule has 1 heterocycles. The van der Waals surface area contributed by atoms with E-state index in [-0.39, 0.29) is 24.0 Å². The number of nitrogens with zero attached hydrogens (tertiary/aromatic N) is 3. The lowest BCUT2D eigenvalue weighted by molar-refractivity contribution is 0.266. The molecule has 0 spiro atoms. The highest BCUT2D eigenvalue weighted by molar-refractivity contribution is 14.0. The average molecular weight is 480 g/mol. The van der Waals surface area contributed by atoms with E-state index >= 15 is 0 Å². The van der Waals surface area contributed by atoms with E-state index in [0.717, 1.165) is 31.0 Å². The maximum Gasteiger partial charge on any atom is 0.242 e. The minimum Gasteiger partial charge on any atom is -0.352 e. The Labute approximate surface area is 168 Å². The molecule has 1 saturated heterocycles. The minimum absolute atomic E-state index is 0. The van der Waals surface area contributed by atoms with Crippen LogP contribution < -0.4 is 5.32 Å². The minimum atomic E-state index is -3.46. The number of hydrogen-bond donors (Lipinski definition) is 1. The average Bonchev–Trinajstić information content (AvgIpc) is 2.55. The van der Waals surface area contributed by atoms with Crippen molar-refractivity contribution in [2.75, 3.05) is 34.2 Å². The second-order valence-electron chi connectivity index (χ2n) is 6.49. The van der Waals surface area contributed by atoms with E-state index in [2.05, 4.69) is 22.1 Å². The first-order valence-electron chi connectivity index (χ1n) is 8.32. The van der Waals surface area contributed by atoms with E-state index in [9.17, 15) is 8.42 Å². The quantitative estimate of drug-likeness (QED) is 0.409. The monoisotopic (exact) mass is 480 g/mol. The predicted molar refractivity (Wildman–Crippen MR) is 113 cm³/mol. The first-order chi connectivity index (χ1) is 11.4. The van der Waals surface area contributed by atoms with E-state index in [1.807, 2.05) is 12.1 Å². The Balaban J connectivity index is 0.00000312. The van der Waals surface area contributed by atoms with E-state index in [1.165, 1.54) is 10.7 Å². The molecule has 6 nitrogen and oxygen atoms in total. The molecule has 1 N–H and O–H groups in total. The van der Waals surface area contributed by atoms with Crippen LogP contribution in [-0.2, 0) is 16.6 Å². The Morgan fingerprint density at radius 2 is 2.04 bits per heavy atom. The smallest absolute Gasteiger partial charge is 0.242 e. The zero-order chi connectivity index (χ0) is 17.7. The summed E-state index contributed by atoms with van der Waals surface area (Å²) in [6.45, 7) is 4.65. The zero-order valence-corrected chi connectivity index (χ0v) is 18.5. The molecule has 1 aromatic rings. The number of sulfonamides is 1. The van der Waals surface area contributed by atoms with Crippen LogP contribution in [0.15, 0.2) is 34.2 Å². The van der Waals surface area contributed by atoms with Crippen molar-refractivity contribution in [3.05, 3.63) is 29.8 Å². The van der Waals surface area contributed by atoms with Crippen LogP contribution in [0.25, 0.3) is 0 Å². The number of aliphatic imine (C=N–C) groups is 1. The maximum atomic E-state index is 12.5. The Kier molecular flexibility index (Phi) is 8.62. The van der Waals surface area contributed by atoms with E-state index < -0.39 is 10.0 Å². The lowest BCUT2D eigenvalue weighted by atomic mass is 10.0. The lowest BCUT2D eigenvalue weighted by Gasteiger charge is -2.33. The van der Waals surface area contributed by atoms with Gasteiger partial charge in [0.2, 0.25) is 10.0 Å². The number of piperidine rings is 1. The molecule has 0 bridgehead atoms. The number of halogens is 1. The van der Waals surface area contributed by atoms with Crippen molar-refractivity contribution in [1.82, 2.24) is 14.5 Å². The van der Waals surface area contributed by atoms with Crippen LogP contribution in [0.3, 0.4) is 0 Å². The topological polar surface area (TPSA) is 65.0 Å². The van der Waals surface area contributed by atoms with Gasteiger partial charge in [0.05, 0.1) is 4.90 Å². The third-order valence-corrected chi connectivity index (χ3v) is 6.25. The van der Waals surface area contributed by atoms with Crippen LogP contribution in [-0.4, -0.2) is 57.8 Å². The van der Waals surface area contributed by atoms with Crippen molar-refractivity contribution in [2.24, 2.45) is 10.9 Å². The third-order valence-electron chi connectivity index (χ3n) is 4.34. The molecule has 0 radical (unpaired) electrons. The molecule has 1 aromatic carbocycles. The van der Waals surface area contributed by atoms with E-state index in [4.69, 9.17) is 0 Å². The fourth-order valence-electron chi connectivity index (χ4n) is 2.99. The molecule has 0 aliphatic carbocycles. The molecular formula is C17H29IN4O2S. The van der Waals surface area contributed by atoms with Crippen LogP contribution in [0, 0.1) is 5.92 Å². The largest absolute Gasteiger partial charge is 0.352 e. The molecular weight excluding hydrogens is 451 g/mol. The van der Waals surface area contributed by atoms with Gasteiger partial charge in [-0.1, -0.05) is 25.1 Å². The molecule has 142 valence electrons. The van der Waals surface area contributed by atoms with Gasteiger partial charge in [-0.25, -0.2) is 12.7 Å². The van der Waals surface area contributed by atoms with Crippen molar-refractivity contribution in [1.29, 1.82) is 0 Å².